The van der Waals surface area contributed by atoms with Crippen LogP contribution in [0.4, 0.5) is 0 Å². The van der Waals surface area contributed by atoms with Gasteiger partial charge in [-0.25, -0.2) is 0 Å². The second-order valence-corrected chi connectivity index (χ2v) is 6.54. The van der Waals surface area contributed by atoms with Gasteiger partial charge in [0, 0.05) is 28.6 Å². The van der Waals surface area contributed by atoms with Crippen molar-refractivity contribution in [3.8, 4) is 5.75 Å². The van der Waals surface area contributed by atoms with E-state index in [1.54, 1.807) is 42.1 Å². The lowest BCUT2D eigenvalue weighted by Gasteiger charge is -2.07. The number of hydrogen-bond donors (Lipinski definition) is 1. The lowest BCUT2D eigenvalue weighted by Crippen LogP contribution is -2.25. The molecule has 0 bridgehead atoms. The van der Waals surface area contributed by atoms with Crippen LogP contribution in [0.3, 0.4) is 0 Å². The summed E-state index contributed by atoms with van der Waals surface area (Å²) in [5.74, 6) is 2.31. The molecule has 126 valence electrons. The van der Waals surface area contributed by atoms with Crippen LogP contribution in [-0.4, -0.2) is 24.8 Å². The zero-order valence-electron chi connectivity index (χ0n) is 13.3. The molecule has 24 heavy (non-hydrogen) atoms. The van der Waals surface area contributed by atoms with Crippen LogP contribution < -0.4 is 10.1 Å². The van der Waals surface area contributed by atoms with E-state index < -0.39 is 0 Å². The minimum absolute atomic E-state index is 0.0800. The molecule has 2 rings (SSSR count). The fourth-order valence-corrected chi connectivity index (χ4v) is 3.14. The summed E-state index contributed by atoms with van der Waals surface area (Å²) < 4.78 is 5.39. The van der Waals surface area contributed by atoms with Crippen LogP contribution in [0.1, 0.15) is 15.9 Å². The number of ether oxygens (including phenoxy) is 1. The molecule has 0 radical (unpaired) electrons. The molecule has 1 amide bonds. The molecule has 0 saturated carbocycles. The van der Waals surface area contributed by atoms with E-state index in [-0.39, 0.29) is 5.91 Å². The lowest BCUT2D eigenvalue weighted by molar-refractivity contribution is 0.0956. The second-order valence-electron chi connectivity index (χ2n) is 5.02. The maximum Gasteiger partial charge on any atom is 0.251 e. The van der Waals surface area contributed by atoms with Gasteiger partial charge in [0.05, 0.1) is 0 Å². The predicted octanol–water partition coefficient (Wildman–Crippen LogP) is 4.57. The van der Waals surface area contributed by atoms with E-state index in [1.165, 1.54) is 0 Å². The summed E-state index contributed by atoms with van der Waals surface area (Å²) in [6, 6.07) is 14.9. The second kappa shape index (κ2) is 10.1. The quantitative estimate of drug-likeness (QED) is 0.525. The van der Waals surface area contributed by atoms with Gasteiger partial charge in [-0.3, -0.25) is 4.79 Å². The van der Waals surface area contributed by atoms with Gasteiger partial charge in [0.2, 0.25) is 0 Å². The summed E-state index contributed by atoms with van der Waals surface area (Å²) in [7, 11) is 0. The molecule has 2 aromatic rings. The molecule has 1 N–H and O–H groups in total. The number of halogens is 1. The van der Waals surface area contributed by atoms with Crippen molar-refractivity contribution in [3.63, 3.8) is 0 Å². The highest BCUT2D eigenvalue weighted by Crippen LogP contribution is 2.20. The van der Waals surface area contributed by atoms with Crippen LogP contribution in [-0.2, 0) is 5.75 Å². The minimum Gasteiger partial charge on any atom is -0.490 e. The van der Waals surface area contributed by atoms with Gasteiger partial charge in [-0.15, -0.1) is 0 Å². The van der Waals surface area contributed by atoms with E-state index in [9.17, 15) is 4.79 Å². The van der Waals surface area contributed by atoms with Crippen molar-refractivity contribution < 1.29 is 9.53 Å². The Morgan fingerprint density at radius 1 is 1.21 bits per heavy atom. The molecule has 0 saturated heterocycles. The predicted molar refractivity (Wildman–Crippen MR) is 102 cm³/mol. The highest BCUT2D eigenvalue weighted by Gasteiger charge is 2.05. The molecule has 0 aliphatic heterocycles. The molecular formula is C19H20ClNO2S. The van der Waals surface area contributed by atoms with Crippen molar-refractivity contribution >= 4 is 29.3 Å². The molecular weight excluding hydrogens is 342 g/mol. The Bertz CT molecular complexity index is 673. The van der Waals surface area contributed by atoms with Gasteiger partial charge in [0.15, 0.2) is 0 Å². The van der Waals surface area contributed by atoms with Crippen LogP contribution in [0.2, 0.25) is 5.02 Å². The summed E-state index contributed by atoms with van der Waals surface area (Å²) in [5, 5.41) is 3.70. The van der Waals surface area contributed by atoms with Crippen molar-refractivity contribution in [3.05, 3.63) is 77.3 Å². The van der Waals surface area contributed by atoms with Crippen LogP contribution >= 0.6 is 23.4 Å². The maximum atomic E-state index is 12.1. The van der Waals surface area contributed by atoms with E-state index in [1.807, 2.05) is 24.3 Å². The molecule has 0 aliphatic rings. The number of rotatable bonds is 9. The minimum atomic E-state index is -0.0800. The lowest BCUT2D eigenvalue weighted by atomic mass is 10.2. The average molecular weight is 362 g/mol. The van der Waals surface area contributed by atoms with E-state index in [2.05, 4.69) is 11.9 Å². The van der Waals surface area contributed by atoms with Gasteiger partial charge in [-0.1, -0.05) is 42.5 Å². The number of hydrogen-bond acceptors (Lipinski definition) is 3. The molecule has 0 aliphatic carbocycles. The van der Waals surface area contributed by atoms with E-state index in [4.69, 9.17) is 16.3 Å². The largest absolute Gasteiger partial charge is 0.490 e. The number of amides is 1. The number of thioether (sulfide) groups is 1. The zero-order chi connectivity index (χ0) is 17.2. The first kappa shape index (κ1) is 18.4. The Balaban J connectivity index is 1.69. The van der Waals surface area contributed by atoms with Crippen LogP contribution in [0.5, 0.6) is 5.75 Å². The molecule has 0 heterocycles. The molecule has 0 atom stereocenters. The Kier molecular flexibility index (Phi) is 7.72. The van der Waals surface area contributed by atoms with Crippen molar-refractivity contribution in [1.82, 2.24) is 5.32 Å². The van der Waals surface area contributed by atoms with Gasteiger partial charge in [-0.05, 0) is 35.9 Å². The topological polar surface area (TPSA) is 38.3 Å². The first-order chi connectivity index (χ1) is 11.7. The van der Waals surface area contributed by atoms with Gasteiger partial charge in [-0.2, -0.15) is 11.8 Å². The van der Waals surface area contributed by atoms with Crippen molar-refractivity contribution in [2.75, 3.05) is 18.9 Å². The van der Waals surface area contributed by atoms with Crippen molar-refractivity contribution in [2.45, 2.75) is 5.75 Å². The summed E-state index contributed by atoms with van der Waals surface area (Å²) in [6.07, 6.45) is 1.68. The Hall–Kier alpha value is -1.91. The van der Waals surface area contributed by atoms with Crippen molar-refractivity contribution in [1.29, 1.82) is 0 Å². The summed E-state index contributed by atoms with van der Waals surface area (Å²) >= 11 is 7.85. The summed E-state index contributed by atoms with van der Waals surface area (Å²) in [5.41, 5.74) is 1.74. The van der Waals surface area contributed by atoms with Gasteiger partial charge in [0.25, 0.3) is 5.91 Å². The molecule has 2 aromatic carbocycles. The monoisotopic (exact) mass is 361 g/mol. The Morgan fingerprint density at radius 3 is 2.67 bits per heavy atom. The maximum absolute atomic E-state index is 12.1. The fraction of sp³-hybridized carbons (Fsp3) is 0.211. The van der Waals surface area contributed by atoms with E-state index >= 15 is 0 Å². The molecule has 0 unspecified atom stereocenters. The Labute approximate surface area is 152 Å². The summed E-state index contributed by atoms with van der Waals surface area (Å²) in [4.78, 5) is 12.1. The fourth-order valence-electron chi connectivity index (χ4n) is 1.99. The van der Waals surface area contributed by atoms with Gasteiger partial charge >= 0.3 is 0 Å². The third kappa shape index (κ3) is 5.95. The van der Waals surface area contributed by atoms with E-state index in [0.29, 0.717) is 18.7 Å². The number of benzene rings is 2. The zero-order valence-corrected chi connectivity index (χ0v) is 14.9. The van der Waals surface area contributed by atoms with Crippen molar-refractivity contribution in [2.24, 2.45) is 0 Å². The third-order valence-electron chi connectivity index (χ3n) is 3.23. The third-order valence-corrected chi connectivity index (χ3v) is 4.61. The highest BCUT2D eigenvalue weighted by molar-refractivity contribution is 7.98. The van der Waals surface area contributed by atoms with Gasteiger partial charge in [0.1, 0.15) is 12.4 Å². The number of carbonyl (C=O) groups is 1. The molecule has 5 heteroatoms. The van der Waals surface area contributed by atoms with Crippen LogP contribution in [0.15, 0.2) is 61.2 Å². The first-order valence-electron chi connectivity index (χ1n) is 7.64. The highest BCUT2D eigenvalue weighted by atomic mass is 35.5. The Morgan fingerprint density at radius 2 is 1.96 bits per heavy atom. The first-order valence-corrected chi connectivity index (χ1v) is 9.17. The van der Waals surface area contributed by atoms with Crippen LogP contribution in [0, 0.1) is 0 Å². The number of carbonyl (C=O) groups excluding carboxylic acids is 1. The van der Waals surface area contributed by atoms with Crippen LogP contribution in [0.25, 0.3) is 0 Å². The molecule has 0 fully saturated rings. The molecule has 0 spiro atoms. The molecule has 0 aromatic heterocycles. The normalized spacial score (nSPS) is 10.2. The SMILES string of the molecule is C=CCOc1ccc(C(=O)NCCSCc2ccccc2Cl)cc1. The van der Waals surface area contributed by atoms with E-state index in [0.717, 1.165) is 27.8 Å². The average Bonchev–Trinajstić information content (AvgIpc) is 2.61. The van der Waals surface area contributed by atoms with Gasteiger partial charge < -0.3 is 10.1 Å². The number of nitrogens with one attached hydrogen (secondary N) is 1. The summed E-state index contributed by atoms with van der Waals surface area (Å²) in [6.45, 7) is 4.66. The molecule has 3 nitrogen and oxygen atoms in total. The smallest absolute Gasteiger partial charge is 0.251 e. The standard InChI is InChI=1S/C19H20ClNO2S/c1-2-12-23-17-9-7-15(8-10-17)19(22)21-11-13-24-14-16-5-3-4-6-18(16)20/h2-10H,1,11-14H2,(H,21,22).